The third-order valence-electron chi connectivity index (χ3n) is 10.7. The first-order valence-electron chi connectivity index (χ1n) is 18.8. The molecule has 0 aliphatic rings. The van der Waals surface area contributed by atoms with E-state index in [-0.39, 0.29) is 37.4 Å². The molecule has 0 heterocycles. The quantitative estimate of drug-likeness (QED) is 0.0805. The standard InChI is InChI=1S/C46H56N2O8/c1-31(47(41(29-49)35-15-11-9-12-16-35)27-39-43(53-5)23-37(51-3)24-44(39)54-6)33-19-21-34(22-20-33)32(2)48(42(30-50)36-17-13-10-14-18-36)28-40-45(55-7)25-38(52-4)26-46(40)56-8/h9-26,31-32,41-42,49-50H,27-30H2,1-8H3/t31-,32-,41-,42-/m0/s1. The molecule has 0 fully saturated rings. The number of rotatable bonds is 20. The zero-order valence-corrected chi connectivity index (χ0v) is 33.8. The fourth-order valence-electron chi connectivity index (χ4n) is 7.46. The molecule has 2 N–H and O–H groups in total. The van der Waals surface area contributed by atoms with Crippen molar-refractivity contribution < 1.29 is 38.6 Å². The second-order valence-corrected chi connectivity index (χ2v) is 13.6. The van der Waals surface area contributed by atoms with Crippen LogP contribution in [0.5, 0.6) is 34.5 Å². The van der Waals surface area contributed by atoms with Crippen LogP contribution in [-0.4, -0.2) is 75.9 Å². The minimum atomic E-state index is -0.331. The topological polar surface area (TPSA) is 102 Å². The molecule has 0 aliphatic carbocycles. The molecule has 0 saturated heterocycles. The highest BCUT2D eigenvalue weighted by molar-refractivity contribution is 5.52. The smallest absolute Gasteiger partial charge is 0.130 e. The van der Waals surface area contributed by atoms with Gasteiger partial charge in [0.05, 0.1) is 79.1 Å². The summed E-state index contributed by atoms with van der Waals surface area (Å²) in [6, 6.07) is 35.1. The average Bonchev–Trinajstić information content (AvgIpc) is 3.26. The van der Waals surface area contributed by atoms with Crippen LogP contribution in [0.25, 0.3) is 0 Å². The molecule has 0 aromatic heterocycles. The van der Waals surface area contributed by atoms with Crippen molar-refractivity contribution >= 4 is 0 Å². The SMILES string of the molecule is COc1cc(OC)c(CN([C@@H](C)c2ccc([C@H](C)N(Cc3c(OC)cc(OC)cc3OC)[C@@H](CO)c3ccccc3)cc2)[C@@H](CO)c2ccccc2)c(OC)c1. The maximum Gasteiger partial charge on any atom is 0.130 e. The Morgan fingerprint density at radius 2 is 0.732 bits per heavy atom. The second-order valence-electron chi connectivity index (χ2n) is 13.6. The number of hydrogen-bond donors (Lipinski definition) is 2. The Balaban J connectivity index is 1.55. The highest BCUT2D eigenvalue weighted by atomic mass is 16.5. The zero-order chi connectivity index (χ0) is 40.2. The van der Waals surface area contributed by atoms with E-state index in [1.807, 2.05) is 84.9 Å². The number of ether oxygens (including phenoxy) is 6. The van der Waals surface area contributed by atoms with Crippen molar-refractivity contribution in [2.75, 3.05) is 55.9 Å². The van der Waals surface area contributed by atoms with Gasteiger partial charge >= 0.3 is 0 Å². The molecule has 0 radical (unpaired) electrons. The molecule has 298 valence electrons. The lowest BCUT2D eigenvalue weighted by atomic mass is 9.95. The summed E-state index contributed by atoms with van der Waals surface area (Å²) in [5.41, 5.74) is 5.81. The first-order chi connectivity index (χ1) is 27.2. The Bertz CT molecular complexity index is 1770. The number of hydrogen-bond acceptors (Lipinski definition) is 10. The van der Waals surface area contributed by atoms with E-state index in [1.54, 1.807) is 42.7 Å². The van der Waals surface area contributed by atoms with Gasteiger partial charge in [-0.1, -0.05) is 84.9 Å². The van der Waals surface area contributed by atoms with Crippen LogP contribution in [0.4, 0.5) is 0 Å². The van der Waals surface area contributed by atoms with Crippen LogP contribution >= 0.6 is 0 Å². The molecule has 10 nitrogen and oxygen atoms in total. The van der Waals surface area contributed by atoms with Crippen molar-refractivity contribution in [3.8, 4) is 34.5 Å². The summed E-state index contributed by atoms with van der Waals surface area (Å²) in [6.07, 6.45) is 0. The van der Waals surface area contributed by atoms with Gasteiger partial charge in [0.15, 0.2) is 0 Å². The summed E-state index contributed by atoms with van der Waals surface area (Å²) in [5.74, 6) is 3.79. The van der Waals surface area contributed by atoms with Crippen molar-refractivity contribution in [2.24, 2.45) is 0 Å². The maximum absolute atomic E-state index is 11.0. The van der Waals surface area contributed by atoms with E-state index < -0.39 is 0 Å². The van der Waals surface area contributed by atoms with Crippen molar-refractivity contribution in [1.82, 2.24) is 9.80 Å². The molecule has 5 aromatic rings. The van der Waals surface area contributed by atoms with Gasteiger partial charge in [0, 0.05) is 49.4 Å². The molecule has 5 rings (SSSR count). The lowest BCUT2D eigenvalue weighted by Gasteiger charge is -2.38. The summed E-state index contributed by atoms with van der Waals surface area (Å²) in [5, 5.41) is 21.9. The van der Waals surface area contributed by atoms with Gasteiger partial charge in [-0.25, -0.2) is 0 Å². The van der Waals surface area contributed by atoms with Crippen LogP contribution in [0.2, 0.25) is 0 Å². The molecule has 56 heavy (non-hydrogen) atoms. The molecular formula is C46H56N2O8. The molecular weight excluding hydrogens is 709 g/mol. The lowest BCUT2D eigenvalue weighted by molar-refractivity contribution is 0.0781. The zero-order valence-electron chi connectivity index (χ0n) is 33.8. The van der Waals surface area contributed by atoms with Gasteiger partial charge in [0.1, 0.15) is 34.5 Å². The van der Waals surface area contributed by atoms with Gasteiger partial charge < -0.3 is 38.6 Å². The van der Waals surface area contributed by atoms with E-state index in [0.29, 0.717) is 47.6 Å². The summed E-state index contributed by atoms with van der Waals surface area (Å²) < 4.78 is 34.5. The van der Waals surface area contributed by atoms with Crippen LogP contribution < -0.4 is 28.4 Å². The number of benzene rings is 5. The van der Waals surface area contributed by atoms with E-state index in [2.05, 4.69) is 47.9 Å². The lowest BCUT2D eigenvalue weighted by Crippen LogP contribution is -2.34. The van der Waals surface area contributed by atoms with Gasteiger partial charge in [-0.05, 0) is 36.1 Å². The second kappa shape index (κ2) is 20.1. The van der Waals surface area contributed by atoms with E-state index in [1.165, 1.54) is 0 Å². The van der Waals surface area contributed by atoms with Crippen molar-refractivity contribution in [3.63, 3.8) is 0 Å². The molecule has 10 heteroatoms. The molecule has 0 saturated carbocycles. The highest BCUT2D eigenvalue weighted by Gasteiger charge is 2.31. The minimum absolute atomic E-state index is 0.0977. The van der Waals surface area contributed by atoms with Crippen LogP contribution in [0.1, 0.15) is 71.4 Å². The fraction of sp³-hybridized carbons (Fsp3) is 0.348. The van der Waals surface area contributed by atoms with E-state index in [0.717, 1.165) is 33.4 Å². The Kier molecular flexibility index (Phi) is 15.0. The highest BCUT2D eigenvalue weighted by Crippen LogP contribution is 2.42. The molecule has 0 unspecified atom stereocenters. The average molecular weight is 765 g/mol. The summed E-state index contributed by atoms with van der Waals surface area (Å²) in [4.78, 5) is 4.54. The Labute approximate surface area is 331 Å². The Morgan fingerprint density at radius 3 is 0.982 bits per heavy atom. The van der Waals surface area contributed by atoms with Gasteiger partial charge in [0.25, 0.3) is 0 Å². The van der Waals surface area contributed by atoms with E-state index >= 15 is 0 Å². The number of aliphatic hydroxyl groups is 2. The third kappa shape index (κ3) is 9.39. The number of aliphatic hydroxyl groups excluding tert-OH is 2. The van der Waals surface area contributed by atoms with Crippen molar-refractivity contribution in [3.05, 3.63) is 143 Å². The monoisotopic (exact) mass is 764 g/mol. The van der Waals surface area contributed by atoms with Crippen molar-refractivity contribution in [1.29, 1.82) is 0 Å². The summed E-state index contributed by atoms with van der Waals surface area (Å²) in [7, 11) is 9.76. The number of nitrogens with zero attached hydrogens (tertiary/aromatic N) is 2. The first-order valence-corrected chi connectivity index (χ1v) is 18.8. The van der Waals surface area contributed by atoms with Crippen LogP contribution in [-0.2, 0) is 13.1 Å². The Hall–Kier alpha value is -5.26. The van der Waals surface area contributed by atoms with Gasteiger partial charge in [-0.2, -0.15) is 0 Å². The molecule has 0 spiro atoms. The van der Waals surface area contributed by atoms with Gasteiger partial charge in [-0.15, -0.1) is 0 Å². The normalized spacial score (nSPS) is 13.5. The number of methoxy groups -OCH3 is 6. The minimum Gasteiger partial charge on any atom is -0.496 e. The predicted octanol–water partition coefficient (Wildman–Crippen LogP) is 8.33. The molecule has 0 bridgehead atoms. The van der Waals surface area contributed by atoms with Gasteiger partial charge in [-0.3, -0.25) is 9.80 Å². The van der Waals surface area contributed by atoms with Gasteiger partial charge in [0.2, 0.25) is 0 Å². The molecule has 0 amide bonds. The van der Waals surface area contributed by atoms with E-state index in [9.17, 15) is 10.2 Å². The maximum atomic E-state index is 11.0. The molecule has 4 atom stereocenters. The molecule has 5 aromatic carbocycles. The first kappa shape index (κ1) is 41.9. The van der Waals surface area contributed by atoms with E-state index in [4.69, 9.17) is 28.4 Å². The summed E-state index contributed by atoms with van der Waals surface area (Å²) >= 11 is 0. The summed E-state index contributed by atoms with van der Waals surface area (Å²) in [6.45, 7) is 4.95. The third-order valence-corrected chi connectivity index (χ3v) is 10.7. The van der Waals surface area contributed by atoms with Crippen LogP contribution in [0.3, 0.4) is 0 Å². The van der Waals surface area contributed by atoms with Crippen LogP contribution in [0.15, 0.2) is 109 Å². The fourth-order valence-corrected chi connectivity index (χ4v) is 7.46. The van der Waals surface area contributed by atoms with Crippen LogP contribution in [0, 0.1) is 0 Å². The molecule has 0 aliphatic heterocycles. The van der Waals surface area contributed by atoms with Crippen molar-refractivity contribution in [2.45, 2.75) is 51.1 Å². The predicted molar refractivity (Wildman–Crippen MR) is 219 cm³/mol. The Morgan fingerprint density at radius 1 is 0.429 bits per heavy atom. The largest absolute Gasteiger partial charge is 0.496 e.